The fourth-order valence-corrected chi connectivity index (χ4v) is 2.62. The third kappa shape index (κ3) is 3.91. The molecule has 0 bridgehead atoms. The molecule has 0 aliphatic carbocycles. The van der Waals surface area contributed by atoms with Gasteiger partial charge in [-0.3, -0.25) is 9.36 Å². The van der Waals surface area contributed by atoms with Crippen molar-refractivity contribution in [3.05, 3.63) is 58.9 Å². The molecule has 0 amide bonds. The van der Waals surface area contributed by atoms with Gasteiger partial charge in [0, 0.05) is 28.6 Å². The molecule has 6 heteroatoms. The Morgan fingerprint density at radius 3 is 2.84 bits per heavy atom. The van der Waals surface area contributed by atoms with Gasteiger partial charge in [0.05, 0.1) is 18.6 Å². The van der Waals surface area contributed by atoms with Gasteiger partial charge in [0.1, 0.15) is 18.5 Å². The maximum atomic E-state index is 12.2. The summed E-state index contributed by atoms with van der Waals surface area (Å²) in [4.78, 5) is 19.6. The molecule has 0 spiro atoms. The molecule has 0 saturated heterocycles. The van der Waals surface area contributed by atoms with E-state index < -0.39 is 6.10 Å². The molecular formula is C19H23N3O3. The molecule has 0 fully saturated rings. The molecule has 1 unspecified atom stereocenters. The third-order valence-electron chi connectivity index (χ3n) is 4.04. The van der Waals surface area contributed by atoms with E-state index in [0.717, 1.165) is 16.6 Å². The normalized spacial score (nSPS) is 13.1. The number of nitrogens with zero attached hydrogens (tertiary/aromatic N) is 2. The van der Waals surface area contributed by atoms with Crippen molar-refractivity contribution in [1.29, 1.82) is 0 Å². The van der Waals surface area contributed by atoms with Crippen LogP contribution in [-0.2, 0) is 12.0 Å². The van der Waals surface area contributed by atoms with Gasteiger partial charge in [-0.25, -0.2) is 4.98 Å². The Hall–Kier alpha value is -2.60. The monoisotopic (exact) mass is 341 g/mol. The van der Waals surface area contributed by atoms with Crippen LogP contribution in [0.1, 0.15) is 26.5 Å². The van der Waals surface area contributed by atoms with E-state index in [-0.39, 0.29) is 24.1 Å². The van der Waals surface area contributed by atoms with Gasteiger partial charge in [-0.15, -0.1) is 0 Å². The second kappa shape index (κ2) is 6.72. The maximum Gasteiger partial charge on any atom is 0.253 e. The lowest BCUT2D eigenvalue weighted by molar-refractivity contribution is 0.0920. The average molecular weight is 341 g/mol. The summed E-state index contributed by atoms with van der Waals surface area (Å²) in [6, 6.07) is 9.15. The molecule has 0 aliphatic heterocycles. The Kier molecular flexibility index (Phi) is 4.63. The molecule has 0 radical (unpaired) electrons. The van der Waals surface area contributed by atoms with Crippen LogP contribution < -0.4 is 10.3 Å². The lowest BCUT2D eigenvalue weighted by Gasteiger charge is -2.18. The molecule has 2 N–H and O–H groups in total. The fourth-order valence-electron chi connectivity index (χ4n) is 2.62. The number of nitrogens with one attached hydrogen (secondary N) is 1. The van der Waals surface area contributed by atoms with E-state index >= 15 is 0 Å². The van der Waals surface area contributed by atoms with E-state index in [0.29, 0.717) is 5.75 Å². The number of aliphatic hydroxyl groups excluding tert-OH is 1. The van der Waals surface area contributed by atoms with E-state index in [9.17, 15) is 9.90 Å². The van der Waals surface area contributed by atoms with Crippen LogP contribution >= 0.6 is 0 Å². The van der Waals surface area contributed by atoms with Gasteiger partial charge >= 0.3 is 0 Å². The van der Waals surface area contributed by atoms with E-state index in [1.54, 1.807) is 0 Å². The molecule has 0 saturated carbocycles. The SMILES string of the molecule is CC(C)(C)c1cc(=O)n(CC(O)COc2cccc3[nH]ccc23)cn1. The van der Waals surface area contributed by atoms with Crippen molar-refractivity contribution in [1.82, 2.24) is 14.5 Å². The van der Waals surface area contributed by atoms with Gasteiger partial charge in [0.25, 0.3) is 5.56 Å². The molecule has 2 aromatic heterocycles. The number of hydrogen-bond acceptors (Lipinski definition) is 4. The zero-order valence-corrected chi connectivity index (χ0v) is 14.7. The summed E-state index contributed by atoms with van der Waals surface area (Å²) in [5.41, 5.74) is 1.35. The van der Waals surface area contributed by atoms with Crippen molar-refractivity contribution in [3.8, 4) is 5.75 Å². The summed E-state index contributed by atoms with van der Waals surface area (Å²) < 4.78 is 7.13. The van der Waals surface area contributed by atoms with E-state index in [1.807, 2.05) is 51.2 Å². The molecule has 1 aromatic carbocycles. The lowest BCUT2D eigenvalue weighted by atomic mass is 9.92. The molecule has 3 rings (SSSR count). The van der Waals surface area contributed by atoms with Gasteiger partial charge in [0.15, 0.2) is 0 Å². The van der Waals surface area contributed by atoms with Crippen molar-refractivity contribution in [2.45, 2.75) is 38.8 Å². The number of benzene rings is 1. The Labute approximate surface area is 146 Å². The number of ether oxygens (including phenoxy) is 1. The predicted molar refractivity (Wildman–Crippen MR) is 97.0 cm³/mol. The fraction of sp³-hybridized carbons (Fsp3) is 0.368. The largest absolute Gasteiger partial charge is 0.490 e. The number of fused-ring (bicyclic) bond motifs is 1. The minimum absolute atomic E-state index is 0.0950. The second-order valence-electron chi connectivity index (χ2n) is 7.17. The van der Waals surface area contributed by atoms with Crippen LogP contribution in [0.5, 0.6) is 5.75 Å². The average Bonchev–Trinajstić information content (AvgIpc) is 3.03. The van der Waals surface area contributed by atoms with Crippen LogP contribution in [0.15, 0.2) is 47.7 Å². The highest BCUT2D eigenvalue weighted by Gasteiger charge is 2.17. The first kappa shape index (κ1) is 17.2. The van der Waals surface area contributed by atoms with Gasteiger partial charge in [-0.2, -0.15) is 0 Å². The number of hydrogen-bond donors (Lipinski definition) is 2. The lowest BCUT2D eigenvalue weighted by Crippen LogP contribution is -2.31. The molecule has 1 atom stereocenters. The van der Waals surface area contributed by atoms with E-state index in [2.05, 4.69) is 9.97 Å². The molecule has 2 heterocycles. The first-order valence-corrected chi connectivity index (χ1v) is 8.28. The third-order valence-corrected chi connectivity index (χ3v) is 4.04. The van der Waals surface area contributed by atoms with E-state index in [4.69, 9.17) is 4.74 Å². The summed E-state index contributed by atoms with van der Waals surface area (Å²) in [7, 11) is 0. The van der Waals surface area contributed by atoms with Gasteiger partial charge in [-0.1, -0.05) is 26.8 Å². The Balaban J connectivity index is 1.66. The highest BCUT2D eigenvalue weighted by Crippen LogP contribution is 2.24. The summed E-state index contributed by atoms with van der Waals surface area (Å²) in [5, 5.41) is 11.2. The van der Waals surface area contributed by atoms with Crippen molar-refractivity contribution in [2.24, 2.45) is 0 Å². The molecule has 0 aliphatic rings. The van der Waals surface area contributed by atoms with Crippen LogP contribution in [0, 0.1) is 0 Å². The van der Waals surface area contributed by atoms with Gasteiger partial charge < -0.3 is 14.8 Å². The quantitative estimate of drug-likeness (QED) is 0.747. The highest BCUT2D eigenvalue weighted by molar-refractivity contribution is 5.85. The standard InChI is InChI=1S/C19H23N3O3/c1-19(2,3)17-9-18(24)22(12-21-17)10-13(23)11-25-16-6-4-5-15-14(16)7-8-20-15/h4-9,12-13,20,23H,10-11H2,1-3H3. The van der Waals surface area contributed by atoms with Crippen LogP contribution in [0.4, 0.5) is 0 Å². The summed E-state index contributed by atoms with van der Waals surface area (Å²) in [5.74, 6) is 0.700. The summed E-state index contributed by atoms with van der Waals surface area (Å²) >= 11 is 0. The Morgan fingerprint density at radius 2 is 2.12 bits per heavy atom. The number of H-pyrrole nitrogens is 1. The number of aromatic nitrogens is 3. The Morgan fingerprint density at radius 1 is 1.32 bits per heavy atom. The Bertz CT molecular complexity index is 921. The maximum absolute atomic E-state index is 12.2. The summed E-state index contributed by atoms with van der Waals surface area (Å²) in [6.45, 7) is 6.24. The van der Waals surface area contributed by atoms with Crippen LogP contribution in [-0.4, -0.2) is 32.4 Å². The van der Waals surface area contributed by atoms with Crippen LogP contribution in [0.25, 0.3) is 10.9 Å². The zero-order chi connectivity index (χ0) is 18.0. The number of aromatic amines is 1. The van der Waals surface area contributed by atoms with Gasteiger partial charge in [-0.05, 0) is 18.2 Å². The minimum Gasteiger partial charge on any atom is -0.490 e. The molecule has 6 nitrogen and oxygen atoms in total. The van der Waals surface area contributed by atoms with E-state index in [1.165, 1.54) is 17.0 Å². The smallest absolute Gasteiger partial charge is 0.253 e. The molecule has 3 aromatic rings. The molecule has 132 valence electrons. The molecule has 25 heavy (non-hydrogen) atoms. The summed E-state index contributed by atoms with van der Waals surface area (Å²) in [6.07, 6.45) is 2.52. The van der Waals surface area contributed by atoms with Gasteiger partial charge in [0.2, 0.25) is 0 Å². The van der Waals surface area contributed by atoms with Crippen LogP contribution in [0.3, 0.4) is 0 Å². The topological polar surface area (TPSA) is 80.1 Å². The van der Waals surface area contributed by atoms with Crippen molar-refractivity contribution in [2.75, 3.05) is 6.61 Å². The van der Waals surface area contributed by atoms with Crippen molar-refractivity contribution < 1.29 is 9.84 Å². The van der Waals surface area contributed by atoms with Crippen molar-refractivity contribution >= 4 is 10.9 Å². The van der Waals surface area contributed by atoms with Crippen LogP contribution in [0.2, 0.25) is 0 Å². The first-order chi connectivity index (χ1) is 11.8. The highest BCUT2D eigenvalue weighted by atomic mass is 16.5. The number of rotatable bonds is 5. The predicted octanol–water partition coefficient (Wildman–Crippen LogP) is 2.46. The first-order valence-electron chi connectivity index (χ1n) is 8.28. The second-order valence-corrected chi connectivity index (χ2v) is 7.17. The molecular weight excluding hydrogens is 318 g/mol. The number of aliphatic hydroxyl groups is 1. The minimum atomic E-state index is -0.811. The van der Waals surface area contributed by atoms with Crippen molar-refractivity contribution in [3.63, 3.8) is 0 Å². The zero-order valence-electron chi connectivity index (χ0n) is 14.7.